The second-order valence-corrected chi connectivity index (χ2v) is 3.63. The van der Waals surface area contributed by atoms with Crippen LogP contribution < -0.4 is 10.6 Å². The van der Waals surface area contributed by atoms with Gasteiger partial charge in [0.2, 0.25) is 5.88 Å². The maximum atomic E-state index is 5.23. The third kappa shape index (κ3) is 0.891. The van der Waals surface area contributed by atoms with Crippen LogP contribution in [-0.2, 0) is 0 Å². The monoisotopic (exact) mass is 164 g/mol. The Morgan fingerprint density at radius 3 is 3.17 bits per heavy atom. The first-order chi connectivity index (χ1) is 5.93. The van der Waals surface area contributed by atoms with Crippen LogP contribution in [0.1, 0.15) is 12.8 Å². The minimum absolute atomic E-state index is 0.620. The lowest BCUT2D eigenvalue weighted by molar-refractivity contribution is 0.560. The first-order valence-electron chi connectivity index (χ1n) is 4.51. The normalized spacial score (nSPS) is 27.2. The minimum atomic E-state index is 0.620. The SMILES string of the molecule is c1cc2c(o1)NCC(C1CC1)N2. The van der Waals surface area contributed by atoms with Gasteiger partial charge < -0.3 is 15.1 Å². The molecule has 0 amide bonds. The number of nitrogens with one attached hydrogen (secondary N) is 2. The van der Waals surface area contributed by atoms with Crippen molar-refractivity contribution in [1.29, 1.82) is 0 Å². The zero-order valence-electron chi connectivity index (χ0n) is 6.84. The van der Waals surface area contributed by atoms with Crippen LogP contribution in [0.5, 0.6) is 0 Å². The van der Waals surface area contributed by atoms with Gasteiger partial charge in [0.1, 0.15) is 0 Å². The minimum Gasteiger partial charge on any atom is -0.447 e. The summed E-state index contributed by atoms with van der Waals surface area (Å²) in [6, 6.07) is 2.60. The Hall–Kier alpha value is -1.12. The molecule has 0 radical (unpaired) electrons. The Balaban J connectivity index is 1.83. The number of furan rings is 1. The molecular formula is C9H12N2O. The zero-order chi connectivity index (χ0) is 7.97. The van der Waals surface area contributed by atoms with E-state index < -0.39 is 0 Å². The second-order valence-electron chi connectivity index (χ2n) is 3.63. The van der Waals surface area contributed by atoms with E-state index in [1.54, 1.807) is 6.26 Å². The van der Waals surface area contributed by atoms with Crippen LogP contribution in [0.25, 0.3) is 0 Å². The van der Waals surface area contributed by atoms with Crippen molar-refractivity contribution in [2.45, 2.75) is 18.9 Å². The van der Waals surface area contributed by atoms with Crippen molar-refractivity contribution >= 4 is 11.6 Å². The summed E-state index contributed by atoms with van der Waals surface area (Å²) in [5, 5.41) is 6.77. The summed E-state index contributed by atoms with van der Waals surface area (Å²) in [7, 11) is 0. The Kier molecular flexibility index (Phi) is 1.17. The van der Waals surface area contributed by atoms with Gasteiger partial charge in [0.25, 0.3) is 0 Å². The van der Waals surface area contributed by atoms with Gasteiger partial charge >= 0.3 is 0 Å². The van der Waals surface area contributed by atoms with Crippen molar-refractivity contribution in [3.05, 3.63) is 12.3 Å². The van der Waals surface area contributed by atoms with Gasteiger partial charge in [-0.15, -0.1) is 0 Å². The lowest BCUT2D eigenvalue weighted by Crippen LogP contribution is -2.33. The molecule has 64 valence electrons. The molecule has 2 aliphatic rings. The molecule has 1 unspecified atom stereocenters. The largest absolute Gasteiger partial charge is 0.447 e. The molecule has 3 rings (SSSR count). The van der Waals surface area contributed by atoms with Crippen LogP contribution >= 0.6 is 0 Å². The summed E-state index contributed by atoms with van der Waals surface area (Å²) in [6.45, 7) is 1.01. The van der Waals surface area contributed by atoms with Crippen molar-refractivity contribution < 1.29 is 4.42 Å². The summed E-state index contributed by atoms with van der Waals surface area (Å²) in [4.78, 5) is 0. The van der Waals surface area contributed by atoms with E-state index in [1.165, 1.54) is 12.8 Å². The summed E-state index contributed by atoms with van der Waals surface area (Å²) in [5.41, 5.74) is 1.12. The second kappa shape index (κ2) is 2.19. The molecule has 1 aromatic rings. The molecule has 0 bridgehead atoms. The van der Waals surface area contributed by atoms with Crippen LogP contribution in [0.3, 0.4) is 0 Å². The molecule has 2 heterocycles. The third-order valence-corrected chi connectivity index (χ3v) is 2.68. The van der Waals surface area contributed by atoms with E-state index >= 15 is 0 Å². The van der Waals surface area contributed by atoms with E-state index in [1.807, 2.05) is 6.07 Å². The van der Waals surface area contributed by atoms with Crippen LogP contribution in [-0.4, -0.2) is 12.6 Å². The van der Waals surface area contributed by atoms with Crippen LogP contribution in [0.4, 0.5) is 11.6 Å². The molecule has 0 aromatic carbocycles. The van der Waals surface area contributed by atoms with Gasteiger partial charge in [-0.3, -0.25) is 0 Å². The molecule has 1 saturated carbocycles. The van der Waals surface area contributed by atoms with Crippen LogP contribution in [0.2, 0.25) is 0 Å². The molecule has 1 aromatic heterocycles. The van der Waals surface area contributed by atoms with Crippen molar-refractivity contribution in [1.82, 2.24) is 0 Å². The van der Waals surface area contributed by atoms with Crippen molar-refractivity contribution in [3.63, 3.8) is 0 Å². The summed E-state index contributed by atoms with van der Waals surface area (Å²) in [6.07, 6.45) is 4.49. The Bertz CT molecular complexity index is 290. The number of fused-ring (bicyclic) bond motifs is 1. The van der Waals surface area contributed by atoms with Crippen molar-refractivity contribution in [3.8, 4) is 0 Å². The molecular weight excluding hydrogens is 152 g/mol. The van der Waals surface area contributed by atoms with Crippen LogP contribution in [0, 0.1) is 5.92 Å². The maximum Gasteiger partial charge on any atom is 0.216 e. The Labute approximate surface area is 71.1 Å². The maximum absolute atomic E-state index is 5.23. The average molecular weight is 164 g/mol. The Morgan fingerprint density at radius 2 is 2.33 bits per heavy atom. The number of hydrogen-bond acceptors (Lipinski definition) is 3. The van der Waals surface area contributed by atoms with E-state index in [-0.39, 0.29) is 0 Å². The van der Waals surface area contributed by atoms with Crippen LogP contribution in [0.15, 0.2) is 16.7 Å². The standard InChI is InChI=1S/C9H12N2O/c1-2-6(1)8-5-10-9-7(11-8)3-4-12-9/h3-4,6,8,10-11H,1-2,5H2. The predicted molar refractivity (Wildman–Crippen MR) is 47.3 cm³/mol. The molecule has 12 heavy (non-hydrogen) atoms. The van der Waals surface area contributed by atoms with Crippen molar-refractivity contribution in [2.75, 3.05) is 17.2 Å². The van der Waals surface area contributed by atoms with Gasteiger partial charge in [0.15, 0.2) is 0 Å². The van der Waals surface area contributed by atoms with Gasteiger partial charge in [0.05, 0.1) is 12.0 Å². The van der Waals surface area contributed by atoms with E-state index in [9.17, 15) is 0 Å². The fourth-order valence-corrected chi connectivity index (χ4v) is 1.80. The molecule has 1 fully saturated rings. The number of hydrogen-bond donors (Lipinski definition) is 2. The van der Waals surface area contributed by atoms with Gasteiger partial charge in [-0.05, 0) is 18.8 Å². The van der Waals surface area contributed by atoms with Gasteiger partial charge in [0, 0.05) is 18.7 Å². The number of rotatable bonds is 1. The van der Waals surface area contributed by atoms with Crippen molar-refractivity contribution in [2.24, 2.45) is 5.92 Å². The molecule has 1 aliphatic carbocycles. The number of anilines is 2. The molecule has 0 saturated heterocycles. The van der Waals surface area contributed by atoms with Gasteiger partial charge in [-0.25, -0.2) is 0 Å². The lowest BCUT2D eigenvalue weighted by atomic mass is 10.1. The molecule has 3 heteroatoms. The molecule has 1 aliphatic heterocycles. The van der Waals surface area contributed by atoms with E-state index in [2.05, 4.69) is 10.6 Å². The summed E-state index contributed by atoms with van der Waals surface area (Å²) >= 11 is 0. The third-order valence-electron chi connectivity index (χ3n) is 2.68. The van der Waals surface area contributed by atoms with E-state index in [4.69, 9.17) is 4.42 Å². The summed E-state index contributed by atoms with van der Waals surface area (Å²) < 4.78 is 5.23. The molecule has 1 atom stereocenters. The topological polar surface area (TPSA) is 37.2 Å². The summed E-state index contributed by atoms with van der Waals surface area (Å²) in [5.74, 6) is 1.78. The predicted octanol–water partition coefficient (Wildman–Crippen LogP) is 1.90. The molecule has 3 nitrogen and oxygen atoms in total. The fraction of sp³-hybridized carbons (Fsp3) is 0.556. The quantitative estimate of drug-likeness (QED) is 0.665. The van der Waals surface area contributed by atoms with E-state index in [0.29, 0.717) is 6.04 Å². The van der Waals surface area contributed by atoms with Gasteiger partial charge in [-0.2, -0.15) is 0 Å². The molecule has 2 N–H and O–H groups in total. The first-order valence-corrected chi connectivity index (χ1v) is 4.51. The molecule has 0 spiro atoms. The Morgan fingerprint density at radius 1 is 1.42 bits per heavy atom. The highest BCUT2D eigenvalue weighted by molar-refractivity contribution is 5.65. The first kappa shape index (κ1) is 6.40. The van der Waals surface area contributed by atoms with Gasteiger partial charge in [-0.1, -0.05) is 0 Å². The fourth-order valence-electron chi connectivity index (χ4n) is 1.80. The zero-order valence-corrected chi connectivity index (χ0v) is 6.84. The highest BCUT2D eigenvalue weighted by Crippen LogP contribution is 2.38. The lowest BCUT2D eigenvalue weighted by Gasteiger charge is -2.24. The van der Waals surface area contributed by atoms with E-state index in [0.717, 1.165) is 24.0 Å². The highest BCUT2D eigenvalue weighted by atomic mass is 16.3. The average Bonchev–Trinajstić information content (AvgIpc) is 2.84. The highest BCUT2D eigenvalue weighted by Gasteiger charge is 2.33. The smallest absolute Gasteiger partial charge is 0.216 e.